The van der Waals surface area contributed by atoms with Gasteiger partial charge in [0, 0.05) is 11.4 Å². The third kappa shape index (κ3) is 4.92. The average Bonchev–Trinajstić information content (AvgIpc) is 2.55. The van der Waals surface area contributed by atoms with Crippen molar-refractivity contribution in [3.63, 3.8) is 0 Å². The second-order valence-corrected chi connectivity index (χ2v) is 6.41. The van der Waals surface area contributed by atoms with Gasteiger partial charge in [-0.3, -0.25) is 4.79 Å². The molecule has 2 nitrogen and oxygen atoms in total. The lowest BCUT2D eigenvalue weighted by Gasteiger charge is -2.15. The molecule has 0 fully saturated rings. The van der Waals surface area contributed by atoms with E-state index >= 15 is 0 Å². The molecule has 2 aromatic carbocycles. The van der Waals surface area contributed by atoms with Gasteiger partial charge in [-0.2, -0.15) is 0 Å². The summed E-state index contributed by atoms with van der Waals surface area (Å²) in [5.41, 5.74) is 3.41. The zero-order chi connectivity index (χ0) is 15.8. The third-order valence-electron chi connectivity index (χ3n) is 3.72. The summed E-state index contributed by atoms with van der Waals surface area (Å²) in [6.45, 7) is 4.36. The fraction of sp³-hybridized carbons (Fsp3) is 0.316. The van der Waals surface area contributed by atoms with Crippen molar-refractivity contribution in [3.8, 4) is 0 Å². The van der Waals surface area contributed by atoms with Crippen LogP contribution in [0.3, 0.4) is 0 Å². The molecule has 116 valence electrons. The lowest BCUT2D eigenvalue weighted by molar-refractivity contribution is -0.113. The Balaban J connectivity index is 1.87. The lowest BCUT2D eigenvalue weighted by Crippen LogP contribution is -2.16. The first-order valence-corrected chi connectivity index (χ1v) is 8.86. The molecule has 0 spiro atoms. The fourth-order valence-electron chi connectivity index (χ4n) is 2.28. The number of carbonyl (C=O) groups is 1. The first kappa shape index (κ1) is 16.6. The Morgan fingerprint density at radius 1 is 1.09 bits per heavy atom. The molecule has 0 bridgehead atoms. The van der Waals surface area contributed by atoms with Gasteiger partial charge in [0.05, 0.1) is 5.75 Å². The Bertz CT molecular complexity index is 597. The second kappa shape index (κ2) is 8.64. The standard InChI is InChI=1S/C19H23NOS/c1-3-15(2)17-11-7-8-12-18(17)20-19(21)14-22-13-16-9-5-4-6-10-16/h4-12,15H,3,13-14H2,1-2H3,(H,20,21). The molecule has 0 aromatic heterocycles. The van der Waals surface area contributed by atoms with Crippen LogP contribution < -0.4 is 5.32 Å². The summed E-state index contributed by atoms with van der Waals surface area (Å²) in [6.07, 6.45) is 1.07. The molecule has 0 aliphatic rings. The number of para-hydroxylation sites is 1. The van der Waals surface area contributed by atoms with Crippen molar-refractivity contribution in [3.05, 3.63) is 65.7 Å². The van der Waals surface area contributed by atoms with Crippen LogP contribution in [0.1, 0.15) is 37.3 Å². The fourth-order valence-corrected chi connectivity index (χ4v) is 3.07. The molecule has 2 rings (SSSR count). The number of nitrogens with one attached hydrogen (secondary N) is 1. The number of hydrogen-bond donors (Lipinski definition) is 1. The summed E-state index contributed by atoms with van der Waals surface area (Å²) >= 11 is 1.64. The zero-order valence-corrected chi connectivity index (χ0v) is 14.0. The van der Waals surface area contributed by atoms with E-state index in [1.54, 1.807) is 11.8 Å². The molecule has 0 saturated heterocycles. The Morgan fingerprint density at radius 3 is 2.50 bits per heavy atom. The van der Waals surface area contributed by atoms with Crippen LogP contribution in [0.5, 0.6) is 0 Å². The minimum atomic E-state index is 0.0664. The van der Waals surface area contributed by atoms with Crippen molar-refractivity contribution in [1.29, 1.82) is 0 Å². The van der Waals surface area contributed by atoms with E-state index in [2.05, 4.69) is 37.4 Å². The van der Waals surface area contributed by atoms with Crippen LogP contribution in [0, 0.1) is 0 Å². The number of carbonyl (C=O) groups excluding carboxylic acids is 1. The van der Waals surface area contributed by atoms with Crippen LogP contribution in [-0.4, -0.2) is 11.7 Å². The Kier molecular flexibility index (Phi) is 6.53. The van der Waals surface area contributed by atoms with E-state index < -0.39 is 0 Å². The minimum absolute atomic E-state index is 0.0664. The zero-order valence-electron chi connectivity index (χ0n) is 13.2. The molecule has 0 aliphatic heterocycles. The molecule has 3 heteroatoms. The summed E-state index contributed by atoms with van der Waals surface area (Å²) in [4.78, 5) is 12.1. The Hall–Kier alpha value is -1.74. The van der Waals surface area contributed by atoms with Gasteiger partial charge < -0.3 is 5.32 Å². The van der Waals surface area contributed by atoms with Crippen LogP contribution in [0.25, 0.3) is 0 Å². The summed E-state index contributed by atoms with van der Waals surface area (Å²) in [5.74, 6) is 1.86. The van der Waals surface area contributed by atoms with E-state index in [0.29, 0.717) is 11.7 Å². The molecule has 0 saturated carbocycles. The summed E-state index contributed by atoms with van der Waals surface area (Å²) in [5, 5.41) is 3.05. The lowest BCUT2D eigenvalue weighted by atomic mass is 9.97. The number of anilines is 1. The average molecular weight is 313 g/mol. The summed E-state index contributed by atoms with van der Waals surface area (Å²) < 4.78 is 0. The predicted octanol–water partition coefficient (Wildman–Crippen LogP) is 5.07. The van der Waals surface area contributed by atoms with Gasteiger partial charge in [0.1, 0.15) is 0 Å². The molecule has 0 aliphatic carbocycles. The SMILES string of the molecule is CCC(C)c1ccccc1NC(=O)CSCc1ccccc1. The molecule has 2 aromatic rings. The Morgan fingerprint density at radius 2 is 1.77 bits per heavy atom. The first-order valence-electron chi connectivity index (χ1n) is 7.71. The number of rotatable bonds is 7. The molecule has 22 heavy (non-hydrogen) atoms. The van der Waals surface area contributed by atoms with Crippen molar-refractivity contribution in [2.75, 3.05) is 11.1 Å². The van der Waals surface area contributed by atoms with Crippen LogP contribution in [0.2, 0.25) is 0 Å². The van der Waals surface area contributed by atoms with Crippen molar-refractivity contribution >= 4 is 23.4 Å². The van der Waals surface area contributed by atoms with Gasteiger partial charge in [0.25, 0.3) is 0 Å². The smallest absolute Gasteiger partial charge is 0.234 e. The van der Waals surface area contributed by atoms with Crippen LogP contribution in [0.4, 0.5) is 5.69 Å². The molecular weight excluding hydrogens is 290 g/mol. The third-order valence-corrected chi connectivity index (χ3v) is 4.73. The van der Waals surface area contributed by atoms with Gasteiger partial charge in [0.2, 0.25) is 5.91 Å². The van der Waals surface area contributed by atoms with Crippen LogP contribution in [0.15, 0.2) is 54.6 Å². The van der Waals surface area contributed by atoms with Crippen LogP contribution in [-0.2, 0) is 10.5 Å². The highest BCUT2D eigenvalue weighted by atomic mass is 32.2. The number of hydrogen-bond acceptors (Lipinski definition) is 2. The van der Waals surface area contributed by atoms with Gasteiger partial charge in [-0.1, -0.05) is 62.4 Å². The quantitative estimate of drug-likeness (QED) is 0.773. The molecule has 1 N–H and O–H groups in total. The number of benzene rings is 2. The first-order chi connectivity index (χ1) is 10.7. The molecule has 1 unspecified atom stereocenters. The normalized spacial score (nSPS) is 11.9. The van der Waals surface area contributed by atoms with Gasteiger partial charge in [-0.15, -0.1) is 11.8 Å². The van der Waals surface area contributed by atoms with Gasteiger partial charge in [-0.05, 0) is 29.5 Å². The topological polar surface area (TPSA) is 29.1 Å². The molecule has 1 atom stereocenters. The number of thioether (sulfide) groups is 1. The van der Waals surface area contributed by atoms with Gasteiger partial charge in [0.15, 0.2) is 0 Å². The highest BCUT2D eigenvalue weighted by Gasteiger charge is 2.10. The highest BCUT2D eigenvalue weighted by Crippen LogP contribution is 2.26. The van der Waals surface area contributed by atoms with E-state index in [9.17, 15) is 4.79 Å². The molecule has 1 amide bonds. The maximum Gasteiger partial charge on any atom is 0.234 e. The van der Waals surface area contributed by atoms with Gasteiger partial charge in [-0.25, -0.2) is 0 Å². The number of amides is 1. The van der Waals surface area contributed by atoms with E-state index in [0.717, 1.165) is 17.9 Å². The Labute approximate surface area is 137 Å². The predicted molar refractivity (Wildman–Crippen MR) is 96.4 cm³/mol. The summed E-state index contributed by atoms with van der Waals surface area (Å²) in [7, 11) is 0. The van der Waals surface area contributed by atoms with Crippen molar-refractivity contribution in [1.82, 2.24) is 0 Å². The molecule has 0 heterocycles. The van der Waals surface area contributed by atoms with Crippen LogP contribution >= 0.6 is 11.8 Å². The monoisotopic (exact) mass is 313 g/mol. The highest BCUT2D eigenvalue weighted by molar-refractivity contribution is 7.99. The second-order valence-electron chi connectivity index (χ2n) is 5.42. The van der Waals surface area contributed by atoms with E-state index in [-0.39, 0.29) is 5.91 Å². The summed E-state index contributed by atoms with van der Waals surface area (Å²) in [6, 6.07) is 18.3. The minimum Gasteiger partial charge on any atom is -0.325 e. The molecule has 0 radical (unpaired) electrons. The van der Waals surface area contributed by atoms with Crippen molar-refractivity contribution in [2.24, 2.45) is 0 Å². The van der Waals surface area contributed by atoms with E-state index in [1.165, 1.54) is 11.1 Å². The van der Waals surface area contributed by atoms with E-state index in [1.807, 2.05) is 36.4 Å². The maximum absolute atomic E-state index is 12.1. The van der Waals surface area contributed by atoms with Crippen molar-refractivity contribution in [2.45, 2.75) is 31.9 Å². The van der Waals surface area contributed by atoms with Crippen molar-refractivity contribution < 1.29 is 4.79 Å². The van der Waals surface area contributed by atoms with Gasteiger partial charge >= 0.3 is 0 Å². The molecular formula is C19H23NOS. The maximum atomic E-state index is 12.1. The van der Waals surface area contributed by atoms with E-state index in [4.69, 9.17) is 0 Å². The largest absolute Gasteiger partial charge is 0.325 e.